The molecule has 0 spiro atoms. The summed E-state index contributed by atoms with van der Waals surface area (Å²) in [5, 5.41) is -0.125. The van der Waals surface area contributed by atoms with Crippen LogP contribution in [0.25, 0.3) is 0 Å². The SMILES string of the molecule is CC(=O)SCC(=O)c1ccc(S(=O)(=O)NCC(C)C)cc1. The van der Waals surface area contributed by atoms with E-state index in [1.54, 1.807) is 0 Å². The van der Waals surface area contributed by atoms with Crippen molar-refractivity contribution >= 4 is 32.7 Å². The zero-order valence-electron chi connectivity index (χ0n) is 12.3. The normalized spacial score (nSPS) is 11.6. The fourth-order valence-corrected chi connectivity index (χ4v) is 3.15. The third-order valence-corrected chi connectivity index (χ3v) is 4.83. The molecule has 0 fully saturated rings. The van der Waals surface area contributed by atoms with E-state index in [0.29, 0.717) is 12.1 Å². The Hall–Kier alpha value is -1.18. The van der Waals surface area contributed by atoms with Crippen LogP contribution in [0, 0.1) is 5.92 Å². The number of hydrogen-bond acceptors (Lipinski definition) is 5. The van der Waals surface area contributed by atoms with Crippen molar-refractivity contribution in [3.05, 3.63) is 29.8 Å². The zero-order valence-corrected chi connectivity index (χ0v) is 13.9. The Morgan fingerprint density at radius 3 is 2.24 bits per heavy atom. The molecule has 0 aromatic heterocycles. The van der Waals surface area contributed by atoms with Crippen LogP contribution in [0.15, 0.2) is 29.2 Å². The van der Waals surface area contributed by atoms with Gasteiger partial charge in [-0.1, -0.05) is 37.7 Å². The first-order valence-corrected chi connectivity index (χ1v) is 8.95. The lowest BCUT2D eigenvalue weighted by Gasteiger charge is -2.09. The number of sulfonamides is 1. The van der Waals surface area contributed by atoms with Crippen LogP contribution in [0.5, 0.6) is 0 Å². The van der Waals surface area contributed by atoms with Crippen molar-refractivity contribution in [3.8, 4) is 0 Å². The highest BCUT2D eigenvalue weighted by molar-refractivity contribution is 8.14. The molecular weight excluding hydrogens is 310 g/mol. The molecule has 0 bridgehead atoms. The fourth-order valence-electron chi connectivity index (χ4n) is 1.43. The van der Waals surface area contributed by atoms with Crippen LogP contribution in [0.1, 0.15) is 31.1 Å². The van der Waals surface area contributed by atoms with Crippen LogP contribution in [0.2, 0.25) is 0 Å². The van der Waals surface area contributed by atoms with E-state index in [-0.39, 0.29) is 27.5 Å². The van der Waals surface area contributed by atoms with Crippen molar-refractivity contribution in [1.29, 1.82) is 0 Å². The highest BCUT2D eigenvalue weighted by Gasteiger charge is 2.15. The highest BCUT2D eigenvalue weighted by Crippen LogP contribution is 2.13. The molecule has 116 valence electrons. The van der Waals surface area contributed by atoms with Gasteiger partial charge in [0.05, 0.1) is 10.6 Å². The molecule has 0 saturated heterocycles. The Bertz CT molecular complexity index is 606. The Morgan fingerprint density at radius 2 is 1.76 bits per heavy atom. The summed E-state index contributed by atoms with van der Waals surface area (Å²) >= 11 is 0.936. The van der Waals surface area contributed by atoms with E-state index >= 15 is 0 Å². The third-order valence-electron chi connectivity index (χ3n) is 2.57. The molecule has 7 heteroatoms. The molecule has 1 aromatic carbocycles. The minimum Gasteiger partial charge on any atom is -0.293 e. The summed E-state index contributed by atoms with van der Waals surface area (Å²) in [7, 11) is -3.54. The van der Waals surface area contributed by atoms with Gasteiger partial charge < -0.3 is 0 Å². The maximum absolute atomic E-state index is 12.0. The molecule has 0 heterocycles. The average Bonchev–Trinajstić information content (AvgIpc) is 2.43. The van der Waals surface area contributed by atoms with Gasteiger partial charge in [0.15, 0.2) is 10.9 Å². The van der Waals surface area contributed by atoms with Crippen molar-refractivity contribution in [3.63, 3.8) is 0 Å². The molecular formula is C14H19NO4S2. The molecule has 0 saturated carbocycles. The minimum absolute atomic E-state index is 0.0625. The van der Waals surface area contributed by atoms with E-state index in [2.05, 4.69) is 4.72 Å². The Kier molecular flexibility index (Phi) is 6.57. The molecule has 5 nitrogen and oxygen atoms in total. The van der Waals surface area contributed by atoms with Crippen LogP contribution in [0.3, 0.4) is 0 Å². The van der Waals surface area contributed by atoms with Gasteiger partial charge in [0.2, 0.25) is 10.0 Å². The molecule has 0 unspecified atom stereocenters. The lowest BCUT2D eigenvalue weighted by atomic mass is 10.1. The smallest absolute Gasteiger partial charge is 0.240 e. The maximum Gasteiger partial charge on any atom is 0.240 e. The molecule has 21 heavy (non-hydrogen) atoms. The topological polar surface area (TPSA) is 80.3 Å². The number of carbonyl (C=O) groups is 2. The maximum atomic E-state index is 12.0. The summed E-state index contributed by atoms with van der Waals surface area (Å²) in [6.45, 7) is 5.58. The minimum atomic E-state index is -3.54. The van der Waals surface area contributed by atoms with E-state index in [1.165, 1.54) is 31.2 Å². The van der Waals surface area contributed by atoms with Gasteiger partial charge in [-0.05, 0) is 18.1 Å². The van der Waals surface area contributed by atoms with Crippen LogP contribution in [-0.4, -0.2) is 31.6 Å². The summed E-state index contributed by atoms with van der Waals surface area (Å²) in [4.78, 5) is 22.7. The monoisotopic (exact) mass is 329 g/mol. The molecule has 0 aliphatic rings. The number of Topliss-reactive ketones (excluding diaryl/α,β-unsaturated/α-hetero) is 1. The van der Waals surface area contributed by atoms with E-state index in [0.717, 1.165) is 11.8 Å². The number of carbonyl (C=O) groups excluding carboxylic acids is 2. The molecule has 1 N–H and O–H groups in total. The number of thioether (sulfide) groups is 1. The van der Waals surface area contributed by atoms with Gasteiger partial charge in [-0.2, -0.15) is 0 Å². The van der Waals surface area contributed by atoms with Crippen molar-refractivity contribution in [2.24, 2.45) is 5.92 Å². The summed E-state index contributed by atoms with van der Waals surface area (Å²) in [6, 6.07) is 5.72. The molecule has 0 aliphatic carbocycles. The lowest BCUT2D eigenvalue weighted by Crippen LogP contribution is -2.27. The van der Waals surface area contributed by atoms with Gasteiger partial charge in [0, 0.05) is 19.0 Å². The molecule has 0 atom stereocenters. The van der Waals surface area contributed by atoms with Gasteiger partial charge in [0.25, 0.3) is 0 Å². The number of ketones is 1. The number of hydrogen-bond donors (Lipinski definition) is 1. The van der Waals surface area contributed by atoms with Crippen LogP contribution in [-0.2, 0) is 14.8 Å². The molecule has 0 radical (unpaired) electrons. The lowest BCUT2D eigenvalue weighted by molar-refractivity contribution is -0.109. The van der Waals surface area contributed by atoms with Gasteiger partial charge in [-0.25, -0.2) is 13.1 Å². The summed E-state index contributed by atoms with van der Waals surface area (Å²) in [6.07, 6.45) is 0. The first-order chi connectivity index (χ1) is 9.72. The van der Waals surface area contributed by atoms with Crippen molar-refractivity contribution < 1.29 is 18.0 Å². The second-order valence-electron chi connectivity index (χ2n) is 4.97. The highest BCUT2D eigenvalue weighted by atomic mass is 32.2. The van der Waals surface area contributed by atoms with Crippen LogP contribution >= 0.6 is 11.8 Å². The van der Waals surface area contributed by atoms with Gasteiger partial charge >= 0.3 is 0 Å². The quantitative estimate of drug-likeness (QED) is 0.775. The van der Waals surface area contributed by atoms with E-state index in [9.17, 15) is 18.0 Å². The zero-order chi connectivity index (χ0) is 16.0. The number of nitrogens with one attached hydrogen (secondary N) is 1. The molecule has 1 rings (SSSR count). The molecule has 1 aromatic rings. The van der Waals surface area contributed by atoms with Crippen LogP contribution in [0.4, 0.5) is 0 Å². The van der Waals surface area contributed by atoms with Gasteiger partial charge in [-0.3, -0.25) is 9.59 Å². The Morgan fingerprint density at radius 1 is 1.19 bits per heavy atom. The van der Waals surface area contributed by atoms with Gasteiger partial charge in [-0.15, -0.1) is 0 Å². The number of benzene rings is 1. The van der Waals surface area contributed by atoms with E-state index in [4.69, 9.17) is 0 Å². The molecule has 0 aliphatic heterocycles. The van der Waals surface area contributed by atoms with Crippen molar-refractivity contribution in [1.82, 2.24) is 4.72 Å². The first-order valence-electron chi connectivity index (χ1n) is 6.48. The Balaban J connectivity index is 2.77. The number of rotatable bonds is 7. The van der Waals surface area contributed by atoms with E-state index < -0.39 is 10.0 Å². The largest absolute Gasteiger partial charge is 0.293 e. The van der Waals surface area contributed by atoms with Crippen molar-refractivity contribution in [2.75, 3.05) is 12.3 Å². The first kappa shape index (κ1) is 17.9. The van der Waals surface area contributed by atoms with Crippen LogP contribution < -0.4 is 4.72 Å². The Labute approximate surface area is 129 Å². The third kappa shape index (κ3) is 5.99. The predicted octanol–water partition coefficient (Wildman–Crippen LogP) is 2.08. The average molecular weight is 329 g/mol. The molecule has 0 amide bonds. The second kappa shape index (κ2) is 7.72. The van der Waals surface area contributed by atoms with Gasteiger partial charge in [0.1, 0.15) is 0 Å². The fraction of sp³-hybridized carbons (Fsp3) is 0.429. The standard InChI is InChI=1S/C14H19NO4S2/c1-10(2)8-15-21(18,19)13-6-4-12(5-7-13)14(17)9-20-11(3)16/h4-7,10,15H,8-9H2,1-3H3. The second-order valence-corrected chi connectivity index (χ2v) is 7.89. The summed E-state index contributed by atoms with van der Waals surface area (Å²) in [5.74, 6) is 0.0750. The van der Waals surface area contributed by atoms with Crippen molar-refractivity contribution in [2.45, 2.75) is 25.7 Å². The summed E-state index contributed by atoms with van der Waals surface area (Å²) in [5.41, 5.74) is 0.395. The van der Waals surface area contributed by atoms with E-state index in [1.807, 2.05) is 13.8 Å². The predicted molar refractivity (Wildman–Crippen MR) is 83.9 cm³/mol. The summed E-state index contributed by atoms with van der Waals surface area (Å²) < 4.78 is 26.5.